The highest BCUT2D eigenvalue weighted by atomic mass is 32.1. The summed E-state index contributed by atoms with van der Waals surface area (Å²) in [6.45, 7) is 7.84. The van der Waals surface area contributed by atoms with Crippen LogP contribution in [0.4, 0.5) is 0 Å². The van der Waals surface area contributed by atoms with Gasteiger partial charge < -0.3 is 5.32 Å². The van der Waals surface area contributed by atoms with Crippen LogP contribution in [0.2, 0.25) is 0 Å². The Hall–Kier alpha value is -0.340. The molecule has 16 heavy (non-hydrogen) atoms. The lowest BCUT2D eigenvalue weighted by Crippen LogP contribution is -2.28. The summed E-state index contributed by atoms with van der Waals surface area (Å²) in [5.41, 5.74) is 1.52. The lowest BCUT2D eigenvalue weighted by molar-refractivity contribution is 0.444. The molecule has 0 aliphatic rings. The van der Waals surface area contributed by atoms with Crippen LogP contribution in [-0.4, -0.2) is 6.04 Å². The minimum atomic E-state index is 0.710. The second-order valence-electron chi connectivity index (χ2n) is 4.38. The summed E-state index contributed by atoms with van der Waals surface area (Å²) in [6, 6.07) is 2.97. The molecule has 2 heteroatoms. The Morgan fingerprint density at radius 1 is 1.19 bits per heavy atom. The Morgan fingerprint density at radius 2 is 1.88 bits per heavy atom. The molecular formula is C14H25NS. The van der Waals surface area contributed by atoms with Crippen molar-refractivity contribution in [1.29, 1.82) is 0 Å². The molecule has 0 aliphatic carbocycles. The first-order valence-corrected chi connectivity index (χ1v) is 7.48. The molecule has 0 atom stereocenters. The van der Waals surface area contributed by atoms with E-state index in [4.69, 9.17) is 0 Å². The number of rotatable bonds is 8. The van der Waals surface area contributed by atoms with E-state index in [2.05, 4.69) is 37.5 Å². The maximum absolute atomic E-state index is 3.71. The minimum Gasteiger partial charge on any atom is -0.309 e. The quantitative estimate of drug-likeness (QED) is 0.710. The van der Waals surface area contributed by atoms with Gasteiger partial charge in [-0.1, -0.05) is 33.6 Å². The summed E-state index contributed by atoms with van der Waals surface area (Å²) >= 11 is 1.89. The third-order valence-electron chi connectivity index (χ3n) is 3.04. The van der Waals surface area contributed by atoms with E-state index in [9.17, 15) is 0 Å². The molecule has 1 N–H and O–H groups in total. The Morgan fingerprint density at radius 3 is 2.44 bits per heavy atom. The molecule has 1 heterocycles. The van der Waals surface area contributed by atoms with Crippen LogP contribution >= 0.6 is 11.3 Å². The topological polar surface area (TPSA) is 12.0 Å². The van der Waals surface area contributed by atoms with E-state index in [1.54, 1.807) is 0 Å². The van der Waals surface area contributed by atoms with Gasteiger partial charge in [0.05, 0.1) is 0 Å². The smallest absolute Gasteiger partial charge is 0.0305 e. The first kappa shape index (κ1) is 13.7. The summed E-state index contributed by atoms with van der Waals surface area (Å²) < 4.78 is 0. The SMILES string of the molecule is CCCC(CCC)NCc1sccc1CC. The number of hydrogen-bond donors (Lipinski definition) is 1. The van der Waals surface area contributed by atoms with Gasteiger partial charge in [0.15, 0.2) is 0 Å². The van der Waals surface area contributed by atoms with Gasteiger partial charge in [0.25, 0.3) is 0 Å². The highest BCUT2D eigenvalue weighted by molar-refractivity contribution is 7.10. The molecule has 0 bridgehead atoms. The van der Waals surface area contributed by atoms with Crippen molar-refractivity contribution in [3.8, 4) is 0 Å². The molecular weight excluding hydrogens is 214 g/mol. The van der Waals surface area contributed by atoms with Crippen LogP contribution in [0.3, 0.4) is 0 Å². The van der Waals surface area contributed by atoms with Gasteiger partial charge in [-0.3, -0.25) is 0 Å². The zero-order chi connectivity index (χ0) is 11.8. The highest BCUT2D eigenvalue weighted by Crippen LogP contribution is 2.17. The fourth-order valence-electron chi connectivity index (χ4n) is 2.12. The second kappa shape index (κ2) is 7.86. The largest absolute Gasteiger partial charge is 0.309 e. The lowest BCUT2D eigenvalue weighted by atomic mass is 10.1. The summed E-state index contributed by atoms with van der Waals surface area (Å²) in [5.74, 6) is 0. The van der Waals surface area contributed by atoms with Crippen LogP contribution in [0.15, 0.2) is 11.4 Å². The molecule has 0 aliphatic heterocycles. The molecule has 1 aromatic rings. The standard InChI is InChI=1S/C14H25NS/c1-4-7-13(8-5-2)15-11-14-12(6-3)9-10-16-14/h9-10,13,15H,4-8,11H2,1-3H3. The average Bonchev–Trinajstić information content (AvgIpc) is 2.74. The van der Waals surface area contributed by atoms with Crippen LogP contribution in [0.25, 0.3) is 0 Å². The molecule has 1 rings (SSSR count). The van der Waals surface area contributed by atoms with Crippen molar-refractivity contribution >= 4 is 11.3 Å². The average molecular weight is 239 g/mol. The van der Waals surface area contributed by atoms with E-state index >= 15 is 0 Å². The molecule has 0 fully saturated rings. The molecule has 1 aromatic heterocycles. The van der Waals surface area contributed by atoms with Gasteiger partial charge in [0.1, 0.15) is 0 Å². The van der Waals surface area contributed by atoms with Gasteiger partial charge in [0.2, 0.25) is 0 Å². The zero-order valence-electron chi connectivity index (χ0n) is 10.9. The normalized spacial score (nSPS) is 11.2. The van der Waals surface area contributed by atoms with Crippen molar-refractivity contribution in [2.75, 3.05) is 0 Å². The van der Waals surface area contributed by atoms with Crippen molar-refractivity contribution in [1.82, 2.24) is 5.32 Å². The first-order valence-electron chi connectivity index (χ1n) is 6.60. The number of thiophene rings is 1. The minimum absolute atomic E-state index is 0.710. The molecule has 0 amide bonds. The predicted molar refractivity (Wildman–Crippen MR) is 74.1 cm³/mol. The highest BCUT2D eigenvalue weighted by Gasteiger charge is 2.08. The Bertz CT molecular complexity index is 274. The molecule has 0 radical (unpaired) electrons. The number of aryl methyl sites for hydroxylation is 1. The van der Waals surface area contributed by atoms with Crippen LogP contribution in [0.5, 0.6) is 0 Å². The van der Waals surface area contributed by atoms with E-state index < -0.39 is 0 Å². The third kappa shape index (κ3) is 4.26. The van der Waals surface area contributed by atoms with Gasteiger partial charge in [-0.25, -0.2) is 0 Å². The first-order chi connectivity index (χ1) is 7.81. The van der Waals surface area contributed by atoms with Gasteiger partial charge >= 0.3 is 0 Å². The van der Waals surface area contributed by atoms with Crippen LogP contribution in [0, 0.1) is 0 Å². The van der Waals surface area contributed by atoms with Crippen LogP contribution in [0.1, 0.15) is 56.9 Å². The zero-order valence-corrected chi connectivity index (χ0v) is 11.7. The molecule has 0 unspecified atom stereocenters. The molecule has 0 spiro atoms. The van der Waals surface area contributed by atoms with Gasteiger partial charge in [-0.2, -0.15) is 0 Å². The molecule has 0 aromatic carbocycles. The summed E-state index contributed by atoms with van der Waals surface area (Å²) in [7, 11) is 0. The van der Waals surface area contributed by atoms with E-state index in [0.717, 1.165) is 13.0 Å². The summed E-state index contributed by atoms with van der Waals surface area (Å²) in [6.07, 6.45) is 6.33. The van der Waals surface area contributed by atoms with E-state index in [-0.39, 0.29) is 0 Å². The fourth-order valence-corrected chi connectivity index (χ4v) is 3.05. The van der Waals surface area contributed by atoms with Crippen molar-refractivity contribution < 1.29 is 0 Å². The van der Waals surface area contributed by atoms with Crippen molar-refractivity contribution in [2.45, 2.75) is 65.5 Å². The Balaban J connectivity index is 2.41. The predicted octanol–water partition coefficient (Wildman–Crippen LogP) is 4.37. The fraction of sp³-hybridized carbons (Fsp3) is 0.714. The summed E-state index contributed by atoms with van der Waals surface area (Å²) in [5, 5.41) is 5.92. The van der Waals surface area contributed by atoms with E-state index in [1.807, 2.05) is 11.3 Å². The Labute approximate surface area is 104 Å². The molecule has 0 saturated heterocycles. The van der Waals surface area contributed by atoms with E-state index in [1.165, 1.54) is 36.1 Å². The molecule has 92 valence electrons. The van der Waals surface area contributed by atoms with Crippen LogP contribution in [-0.2, 0) is 13.0 Å². The molecule has 1 nitrogen and oxygen atoms in total. The third-order valence-corrected chi connectivity index (χ3v) is 4.01. The van der Waals surface area contributed by atoms with Crippen LogP contribution < -0.4 is 5.32 Å². The monoisotopic (exact) mass is 239 g/mol. The van der Waals surface area contributed by atoms with Gasteiger partial charge in [0, 0.05) is 17.5 Å². The lowest BCUT2D eigenvalue weighted by Gasteiger charge is -2.17. The van der Waals surface area contributed by atoms with Crippen molar-refractivity contribution in [2.24, 2.45) is 0 Å². The van der Waals surface area contributed by atoms with Crippen molar-refractivity contribution in [3.63, 3.8) is 0 Å². The maximum Gasteiger partial charge on any atom is 0.0305 e. The Kier molecular flexibility index (Phi) is 6.74. The van der Waals surface area contributed by atoms with E-state index in [0.29, 0.717) is 6.04 Å². The van der Waals surface area contributed by atoms with Gasteiger partial charge in [-0.15, -0.1) is 11.3 Å². The summed E-state index contributed by atoms with van der Waals surface area (Å²) in [4.78, 5) is 1.53. The molecule has 0 saturated carbocycles. The second-order valence-corrected chi connectivity index (χ2v) is 5.38. The van der Waals surface area contributed by atoms with Gasteiger partial charge in [-0.05, 0) is 36.3 Å². The number of hydrogen-bond acceptors (Lipinski definition) is 2. The van der Waals surface area contributed by atoms with Crippen molar-refractivity contribution in [3.05, 3.63) is 21.9 Å². The number of nitrogens with one attached hydrogen (secondary N) is 1. The maximum atomic E-state index is 3.71.